The summed E-state index contributed by atoms with van der Waals surface area (Å²) in [6, 6.07) is -0.403. The van der Waals surface area contributed by atoms with Crippen LogP contribution in [0.25, 0.3) is 0 Å². The van der Waals surface area contributed by atoms with Crippen LogP contribution in [0.4, 0.5) is 0 Å². The van der Waals surface area contributed by atoms with Gasteiger partial charge < -0.3 is 15.5 Å². The molecule has 30 heavy (non-hydrogen) atoms. The van der Waals surface area contributed by atoms with Crippen LogP contribution >= 0.6 is 0 Å². The van der Waals surface area contributed by atoms with Gasteiger partial charge in [-0.15, -0.1) is 0 Å². The molecule has 0 radical (unpaired) electrons. The van der Waals surface area contributed by atoms with Crippen LogP contribution in [0.15, 0.2) is 12.2 Å². The molecule has 3 N–H and O–H groups in total. The monoisotopic (exact) mass is 425 g/mol. The number of nitrogens with one attached hydrogen (secondary N) is 1. The summed E-state index contributed by atoms with van der Waals surface area (Å²) < 4.78 is 0. The number of rotatable bonds is 22. The molecule has 178 valence electrons. The van der Waals surface area contributed by atoms with Crippen molar-refractivity contribution in [3.63, 3.8) is 0 Å². The third-order valence-electron chi connectivity index (χ3n) is 5.72. The lowest BCUT2D eigenvalue weighted by molar-refractivity contribution is -0.121. The molecule has 0 bridgehead atoms. The molecule has 0 rings (SSSR count). The van der Waals surface area contributed by atoms with Gasteiger partial charge in [-0.25, -0.2) is 0 Å². The van der Waals surface area contributed by atoms with Crippen molar-refractivity contribution in [3.05, 3.63) is 12.2 Å². The fourth-order valence-electron chi connectivity index (χ4n) is 3.70. The molecule has 0 aromatic heterocycles. The summed E-state index contributed by atoms with van der Waals surface area (Å²) in [5, 5.41) is 22.4. The van der Waals surface area contributed by atoms with E-state index in [1.54, 1.807) is 12.2 Å². The van der Waals surface area contributed by atoms with Crippen LogP contribution in [0.5, 0.6) is 0 Å². The molecule has 0 saturated carbocycles. The number of amides is 1. The van der Waals surface area contributed by atoms with Crippen molar-refractivity contribution in [2.75, 3.05) is 6.61 Å². The zero-order chi connectivity index (χ0) is 22.3. The highest BCUT2D eigenvalue weighted by Crippen LogP contribution is 2.13. The minimum Gasteiger partial charge on any atom is -0.394 e. The quantitative estimate of drug-likeness (QED) is 0.138. The first kappa shape index (κ1) is 29.1. The Morgan fingerprint density at radius 3 is 1.70 bits per heavy atom. The van der Waals surface area contributed by atoms with Gasteiger partial charge in [0.15, 0.2) is 0 Å². The molecular formula is C26H51NO3. The summed E-state index contributed by atoms with van der Waals surface area (Å²) in [5.41, 5.74) is 0. The Morgan fingerprint density at radius 2 is 1.20 bits per heavy atom. The van der Waals surface area contributed by atoms with Crippen molar-refractivity contribution in [1.29, 1.82) is 0 Å². The Labute approximate surface area is 186 Å². The van der Waals surface area contributed by atoms with Crippen molar-refractivity contribution >= 4 is 5.91 Å². The average Bonchev–Trinajstić information content (AvgIpc) is 2.74. The van der Waals surface area contributed by atoms with Crippen LogP contribution in [-0.4, -0.2) is 34.9 Å². The summed E-state index contributed by atoms with van der Waals surface area (Å²) in [6.45, 7) is 4.30. The molecule has 4 heteroatoms. The molecule has 0 aliphatic heterocycles. The molecule has 0 aliphatic carbocycles. The number of hydrogen-bond acceptors (Lipinski definition) is 3. The minimum atomic E-state index is -0.497. The Morgan fingerprint density at radius 1 is 0.733 bits per heavy atom. The van der Waals surface area contributed by atoms with E-state index in [-0.39, 0.29) is 12.5 Å². The Hall–Kier alpha value is -0.870. The van der Waals surface area contributed by atoms with E-state index in [1.807, 2.05) is 0 Å². The number of carbonyl (C=O) groups is 1. The molecule has 0 spiro atoms. The lowest BCUT2D eigenvalue weighted by Gasteiger charge is -2.13. The Balaban J connectivity index is 3.69. The van der Waals surface area contributed by atoms with E-state index in [1.165, 1.54) is 83.5 Å². The van der Waals surface area contributed by atoms with E-state index in [9.17, 15) is 15.0 Å². The second kappa shape index (κ2) is 22.8. The lowest BCUT2D eigenvalue weighted by atomic mass is 10.0. The first-order valence-electron chi connectivity index (χ1n) is 12.9. The van der Waals surface area contributed by atoms with E-state index in [4.69, 9.17) is 0 Å². The third-order valence-corrected chi connectivity index (χ3v) is 5.72. The van der Waals surface area contributed by atoms with Crippen LogP contribution in [-0.2, 0) is 4.79 Å². The second-order valence-corrected chi connectivity index (χ2v) is 8.80. The van der Waals surface area contributed by atoms with Crippen molar-refractivity contribution in [2.45, 2.75) is 142 Å². The summed E-state index contributed by atoms with van der Waals surface area (Å²) in [5.74, 6) is -0.0185. The number of unbranched alkanes of at least 4 members (excludes halogenated alkanes) is 14. The van der Waals surface area contributed by atoms with Gasteiger partial charge in [-0.05, 0) is 12.8 Å². The highest BCUT2D eigenvalue weighted by Gasteiger charge is 2.09. The summed E-state index contributed by atoms with van der Waals surface area (Å²) in [7, 11) is 0. The number of carbonyl (C=O) groups excluding carboxylic acids is 1. The smallest absolute Gasteiger partial charge is 0.220 e. The van der Waals surface area contributed by atoms with Gasteiger partial charge in [0.1, 0.15) is 0 Å². The molecule has 0 fully saturated rings. The highest BCUT2D eigenvalue weighted by atomic mass is 16.3. The Kier molecular flexibility index (Phi) is 22.1. The van der Waals surface area contributed by atoms with Crippen LogP contribution in [0.1, 0.15) is 129 Å². The molecule has 0 heterocycles. The van der Waals surface area contributed by atoms with Crippen LogP contribution in [0.2, 0.25) is 0 Å². The molecule has 4 nitrogen and oxygen atoms in total. The molecule has 0 aliphatic rings. The predicted octanol–water partition coefficient (Wildman–Crippen LogP) is 6.44. The van der Waals surface area contributed by atoms with Crippen molar-refractivity contribution in [3.8, 4) is 0 Å². The maximum absolute atomic E-state index is 12.0. The fraction of sp³-hybridized carbons (Fsp3) is 0.885. The van der Waals surface area contributed by atoms with E-state index >= 15 is 0 Å². The van der Waals surface area contributed by atoms with Crippen molar-refractivity contribution in [2.24, 2.45) is 0 Å². The SMILES string of the molecule is CCCCCCCCCCCCC[C@@H](O)/C=C/[C@H](CO)NC(=O)CCCCCCC. The number of aliphatic hydroxyl groups is 2. The van der Waals surface area contributed by atoms with E-state index in [0.717, 1.165) is 25.7 Å². The van der Waals surface area contributed by atoms with Gasteiger partial charge in [-0.3, -0.25) is 4.79 Å². The molecule has 2 atom stereocenters. The highest BCUT2D eigenvalue weighted by molar-refractivity contribution is 5.76. The van der Waals surface area contributed by atoms with Gasteiger partial charge in [-0.1, -0.05) is 122 Å². The maximum atomic E-state index is 12.0. The van der Waals surface area contributed by atoms with Gasteiger partial charge >= 0.3 is 0 Å². The topological polar surface area (TPSA) is 69.6 Å². The van der Waals surface area contributed by atoms with Gasteiger partial charge in [0.05, 0.1) is 18.8 Å². The van der Waals surface area contributed by atoms with E-state index < -0.39 is 12.1 Å². The number of aliphatic hydroxyl groups excluding tert-OH is 2. The van der Waals surface area contributed by atoms with Gasteiger partial charge in [0, 0.05) is 6.42 Å². The molecular weight excluding hydrogens is 374 g/mol. The molecule has 0 aromatic carbocycles. The van der Waals surface area contributed by atoms with Crippen LogP contribution < -0.4 is 5.32 Å². The Bertz CT molecular complexity index is 398. The summed E-state index contributed by atoms with van der Waals surface area (Å²) >= 11 is 0. The summed E-state index contributed by atoms with van der Waals surface area (Å²) in [6.07, 6.45) is 24.1. The van der Waals surface area contributed by atoms with Gasteiger partial charge in [-0.2, -0.15) is 0 Å². The van der Waals surface area contributed by atoms with Crippen molar-refractivity contribution in [1.82, 2.24) is 5.32 Å². The van der Waals surface area contributed by atoms with E-state index in [0.29, 0.717) is 6.42 Å². The van der Waals surface area contributed by atoms with Gasteiger partial charge in [0.2, 0.25) is 5.91 Å². The summed E-state index contributed by atoms with van der Waals surface area (Å²) in [4.78, 5) is 12.0. The molecule has 0 saturated heterocycles. The normalized spacial score (nSPS) is 13.6. The minimum absolute atomic E-state index is 0.0185. The number of hydrogen-bond donors (Lipinski definition) is 3. The third kappa shape index (κ3) is 20.4. The first-order chi connectivity index (χ1) is 14.6. The molecule has 0 aromatic rings. The predicted molar refractivity (Wildman–Crippen MR) is 129 cm³/mol. The molecule has 0 unspecified atom stereocenters. The van der Waals surface area contributed by atoms with E-state index in [2.05, 4.69) is 19.2 Å². The fourth-order valence-corrected chi connectivity index (χ4v) is 3.70. The zero-order valence-electron chi connectivity index (χ0n) is 20.0. The lowest BCUT2D eigenvalue weighted by Crippen LogP contribution is -2.36. The molecule has 1 amide bonds. The largest absolute Gasteiger partial charge is 0.394 e. The zero-order valence-corrected chi connectivity index (χ0v) is 20.0. The average molecular weight is 426 g/mol. The van der Waals surface area contributed by atoms with Crippen molar-refractivity contribution < 1.29 is 15.0 Å². The maximum Gasteiger partial charge on any atom is 0.220 e. The van der Waals surface area contributed by atoms with Crippen LogP contribution in [0, 0.1) is 0 Å². The first-order valence-corrected chi connectivity index (χ1v) is 12.9. The van der Waals surface area contributed by atoms with Gasteiger partial charge in [0.25, 0.3) is 0 Å². The second-order valence-electron chi connectivity index (χ2n) is 8.80. The van der Waals surface area contributed by atoms with Crippen LogP contribution in [0.3, 0.4) is 0 Å². The standard InChI is InChI=1S/C26H51NO3/c1-3-5-7-9-10-11-12-13-14-16-17-19-25(29)22-21-24(23-28)27-26(30)20-18-15-8-6-4-2/h21-22,24-25,28-29H,3-20,23H2,1-2H3,(H,27,30)/b22-21+/t24-,25-/m1/s1.